The molecular formula is C21H20ClN5S. The zero-order valence-corrected chi connectivity index (χ0v) is 17.5. The van der Waals surface area contributed by atoms with Crippen molar-refractivity contribution < 1.29 is 0 Å². The predicted octanol–water partition coefficient (Wildman–Crippen LogP) is 5.23. The number of para-hydroxylation sites is 1. The standard InChI is InChI=1S/C21H20ClN5S/c1-14-9-7-8-12-17(14)20-23-24-21(26(20)3)28-13-18-15(2)25-27(19(18)22)16-10-5-4-6-11-16/h4-12H,13H2,1-3H3. The van der Waals surface area contributed by atoms with Crippen molar-refractivity contribution in [3.05, 3.63) is 76.6 Å². The van der Waals surface area contributed by atoms with E-state index in [4.69, 9.17) is 11.6 Å². The molecule has 28 heavy (non-hydrogen) atoms. The van der Waals surface area contributed by atoms with Gasteiger partial charge in [-0.3, -0.25) is 0 Å². The average Bonchev–Trinajstić information content (AvgIpc) is 3.21. The van der Waals surface area contributed by atoms with Gasteiger partial charge in [-0.1, -0.05) is 65.8 Å². The Balaban J connectivity index is 1.58. The van der Waals surface area contributed by atoms with Gasteiger partial charge in [-0.2, -0.15) is 5.10 Å². The van der Waals surface area contributed by atoms with Crippen LogP contribution in [0.5, 0.6) is 0 Å². The number of hydrogen-bond acceptors (Lipinski definition) is 4. The van der Waals surface area contributed by atoms with Gasteiger partial charge in [0.25, 0.3) is 0 Å². The lowest BCUT2D eigenvalue weighted by Gasteiger charge is -2.06. The summed E-state index contributed by atoms with van der Waals surface area (Å²) in [6.45, 7) is 4.06. The molecule has 0 aliphatic heterocycles. The highest BCUT2D eigenvalue weighted by atomic mass is 35.5. The molecule has 0 fully saturated rings. The fourth-order valence-electron chi connectivity index (χ4n) is 3.07. The SMILES string of the molecule is Cc1ccccc1-c1nnc(SCc2c(C)nn(-c3ccccc3)c2Cl)n1C. The van der Waals surface area contributed by atoms with Gasteiger partial charge in [0.2, 0.25) is 0 Å². The summed E-state index contributed by atoms with van der Waals surface area (Å²) in [6, 6.07) is 18.1. The van der Waals surface area contributed by atoms with Gasteiger partial charge in [0, 0.05) is 23.9 Å². The van der Waals surface area contributed by atoms with Crippen molar-refractivity contribution in [1.29, 1.82) is 0 Å². The van der Waals surface area contributed by atoms with Crippen LogP contribution >= 0.6 is 23.4 Å². The number of nitrogens with zero attached hydrogens (tertiary/aromatic N) is 5. The summed E-state index contributed by atoms with van der Waals surface area (Å²) < 4.78 is 3.81. The number of aryl methyl sites for hydroxylation is 2. The van der Waals surface area contributed by atoms with E-state index in [0.717, 1.165) is 33.5 Å². The smallest absolute Gasteiger partial charge is 0.191 e. The van der Waals surface area contributed by atoms with Crippen LogP contribution in [0, 0.1) is 13.8 Å². The molecule has 0 saturated carbocycles. The third kappa shape index (κ3) is 3.45. The van der Waals surface area contributed by atoms with Gasteiger partial charge in [-0.15, -0.1) is 10.2 Å². The highest BCUT2D eigenvalue weighted by Crippen LogP contribution is 2.31. The molecule has 0 aliphatic carbocycles. The van der Waals surface area contributed by atoms with Gasteiger partial charge < -0.3 is 4.57 Å². The first-order valence-corrected chi connectivity index (χ1v) is 10.3. The van der Waals surface area contributed by atoms with Gasteiger partial charge in [0.15, 0.2) is 11.0 Å². The van der Waals surface area contributed by atoms with E-state index in [-0.39, 0.29) is 0 Å². The maximum Gasteiger partial charge on any atom is 0.191 e. The summed E-state index contributed by atoms with van der Waals surface area (Å²) in [6.07, 6.45) is 0. The summed E-state index contributed by atoms with van der Waals surface area (Å²) >= 11 is 8.25. The molecule has 0 saturated heterocycles. The average molecular weight is 410 g/mol. The molecule has 2 aromatic carbocycles. The van der Waals surface area contributed by atoms with Crippen LogP contribution in [0.4, 0.5) is 0 Å². The third-order valence-corrected chi connectivity index (χ3v) is 6.12. The Hall–Kier alpha value is -2.57. The van der Waals surface area contributed by atoms with Gasteiger partial charge in [-0.25, -0.2) is 4.68 Å². The van der Waals surface area contributed by atoms with Crippen LogP contribution in [0.1, 0.15) is 16.8 Å². The fourth-order valence-corrected chi connectivity index (χ4v) is 4.49. The maximum absolute atomic E-state index is 6.64. The molecule has 2 heterocycles. The van der Waals surface area contributed by atoms with E-state index in [1.54, 1.807) is 16.4 Å². The molecule has 7 heteroatoms. The van der Waals surface area contributed by atoms with Gasteiger partial charge >= 0.3 is 0 Å². The Bertz CT molecular complexity index is 1120. The van der Waals surface area contributed by atoms with E-state index in [1.807, 2.05) is 61.0 Å². The molecule has 0 spiro atoms. The van der Waals surface area contributed by atoms with Gasteiger partial charge in [0.1, 0.15) is 5.15 Å². The van der Waals surface area contributed by atoms with Crippen LogP contribution in [0.15, 0.2) is 59.8 Å². The Labute approximate surface area is 173 Å². The normalized spacial score (nSPS) is 11.1. The summed E-state index contributed by atoms with van der Waals surface area (Å²) in [5.74, 6) is 1.54. The molecule has 5 nitrogen and oxygen atoms in total. The summed E-state index contributed by atoms with van der Waals surface area (Å²) in [7, 11) is 1.99. The second kappa shape index (κ2) is 7.81. The zero-order chi connectivity index (χ0) is 19.7. The predicted molar refractivity (Wildman–Crippen MR) is 114 cm³/mol. The van der Waals surface area contributed by atoms with E-state index in [9.17, 15) is 0 Å². The van der Waals surface area contributed by atoms with E-state index >= 15 is 0 Å². The number of hydrogen-bond donors (Lipinski definition) is 0. The van der Waals surface area contributed by atoms with E-state index in [0.29, 0.717) is 10.9 Å². The number of thioether (sulfide) groups is 1. The third-order valence-electron chi connectivity index (χ3n) is 4.69. The summed E-state index contributed by atoms with van der Waals surface area (Å²) in [5.41, 5.74) is 5.15. The Morgan fingerprint density at radius 2 is 1.68 bits per heavy atom. The fraction of sp³-hybridized carbons (Fsp3) is 0.190. The second-order valence-corrected chi connectivity index (χ2v) is 7.87. The molecule has 2 aromatic heterocycles. The van der Waals surface area contributed by atoms with Crippen molar-refractivity contribution in [2.45, 2.75) is 24.8 Å². The van der Waals surface area contributed by atoms with Crippen molar-refractivity contribution in [3.63, 3.8) is 0 Å². The summed E-state index contributed by atoms with van der Waals surface area (Å²) in [5, 5.41) is 14.9. The first kappa shape index (κ1) is 18.8. The molecule has 4 aromatic rings. The lowest BCUT2D eigenvalue weighted by molar-refractivity contribution is 0.793. The highest BCUT2D eigenvalue weighted by Gasteiger charge is 2.17. The Morgan fingerprint density at radius 1 is 0.964 bits per heavy atom. The quantitative estimate of drug-likeness (QED) is 0.423. The first-order valence-electron chi connectivity index (χ1n) is 8.94. The van der Waals surface area contributed by atoms with E-state index < -0.39 is 0 Å². The molecule has 0 amide bonds. The Morgan fingerprint density at radius 3 is 2.43 bits per heavy atom. The topological polar surface area (TPSA) is 48.5 Å². The molecule has 4 rings (SSSR count). The molecular weight excluding hydrogens is 390 g/mol. The number of benzene rings is 2. The number of halogens is 1. The van der Waals surface area contributed by atoms with E-state index in [1.165, 1.54) is 5.56 Å². The van der Waals surface area contributed by atoms with Crippen LogP contribution in [0.3, 0.4) is 0 Å². The second-order valence-electron chi connectivity index (χ2n) is 6.57. The molecule has 0 N–H and O–H groups in total. The molecule has 0 aliphatic rings. The summed E-state index contributed by atoms with van der Waals surface area (Å²) in [4.78, 5) is 0. The van der Waals surface area contributed by atoms with Crippen molar-refractivity contribution in [1.82, 2.24) is 24.5 Å². The molecule has 0 bridgehead atoms. The largest absolute Gasteiger partial charge is 0.305 e. The minimum atomic E-state index is 0.637. The number of aromatic nitrogens is 5. The van der Waals surface area contributed by atoms with Gasteiger partial charge in [0.05, 0.1) is 11.4 Å². The molecule has 0 unspecified atom stereocenters. The lowest BCUT2D eigenvalue weighted by atomic mass is 10.1. The number of rotatable bonds is 5. The molecule has 0 atom stereocenters. The van der Waals surface area contributed by atoms with E-state index in [2.05, 4.69) is 34.4 Å². The first-order chi connectivity index (χ1) is 13.6. The molecule has 142 valence electrons. The Kier molecular flexibility index (Phi) is 5.24. The van der Waals surface area contributed by atoms with Crippen LogP contribution in [0.2, 0.25) is 5.15 Å². The van der Waals surface area contributed by atoms with Crippen molar-refractivity contribution in [3.8, 4) is 17.1 Å². The van der Waals surface area contributed by atoms with Crippen molar-refractivity contribution >= 4 is 23.4 Å². The van der Waals surface area contributed by atoms with Crippen molar-refractivity contribution in [2.24, 2.45) is 7.05 Å². The minimum Gasteiger partial charge on any atom is -0.305 e. The van der Waals surface area contributed by atoms with Gasteiger partial charge in [-0.05, 0) is 31.5 Å². The maximum atomic E-state index is 6.64. The zero-order valence-electron chi connectivity index (χ0n) is 15.9. The molecule has 0 radical (unpaired) electrons. The monoisotopic (exact) mass is 409 g/mol. The van der Waals surface area contributed by atoms with Crippen LogP contribution < -0.4 is 0 Å². The van der Waals surface area contributed by atoms with Crippen LogP contribution in [0.25, 0.3) is 17.1 Å². The minimum absolute atomic E-state index is 0.637. The van der Waals surface area contributed by atoms with Crippen molar-refractivity contribution in [2.75, 3.05) is 0 Å². The highest BCUT2D eigenvalue weighted by molar-refractivity contribution is 7.98. The van der Waals surface area contributed by atoms with Crippen LogP contribution in [-0.4, -0.2) is 24.5 Å². The van der Waals surface area contributed by atoms with Crippen LogP contribution in [-0.2, 0) is 12.8 Å². The lowest BCUT2D eigenvalue weighted by Crippen LogP contribution is -1.97.